The van der Waals surface area contributed by atoms with Gasteiger partial charge in [0.1, 0.15) is 17.1 Å². The number of rotatable bonds is 3. The normalized spacial score (nSPS) is 17.8. The van der Waals surface area contributed by atoms with Crippen molar-refractivity contribution in [1.82, 2.24) is 19.3 Å². The molecule has 3 aromatic heterocycles. The molecule has 3 amide bonds. The molecule has 2 fully saturated rings. The maximum Gasteiger partial charge on any atom is 0.410 e. The molecule has 1 N–H and O–H groups in total. The Labute approximate surface area is 216 Å². The number of fused-ring (bicyclic) bond motifs is 2. The Bertz CT molecular complexity index is 1350. The van der Waals surface area contributed by atoms with Crippen LogP contribution in [0.1, 0.15) is 50.8 Å². The van der Waals surface area contributed by atoms with Crippen molar-refractivity contribution in [3.05, 3.63) is 48.0 Å². The second-order valence-corrected chi connectivity index (χ2v) is 11.0. The van der Waals surface area contributed by atoms with Crippen LogP contribution in [0.25, 0.3) is 5.65 Å². The lowest BCUT2D eigenvalue weighted by atomic mass is 10.1. The van der Waals surface area contributed by atoms with E-state index in [9.17, 15) is 9.59 Å². The van der Waals surface area contributed by atoms with Crippen molar-refractivity contribution in [3.63, 3.8) is 0 Å². The molecule has 3 aliphatic rings. The summed E-state index contributed by atoms with van der Waals surface area (Å²) in [6.07, 6.45) is 8.61. The third-order valence-electron chi connectivity index (χ3n) is 7.08. The number of nitrogens with one attached hydrogen (secondary N) is 1. The number of ether oxygens (including phenoxy) is 1. The largest absolute Gasteiger partial charge is 0.444 e. The van der Waals surface area contributed by atoms with Crippen molar-refractivity contribution in [3.8, 4) is 0 Å². The van der Waals surface area contributed by atoms with Gasteiger partial charge in [-0.1, -0.05) is 0 Å². The predicted molar refractivity (Wildman–Crippen MR) is 141 cm³/mol. The Morgan fingerprint density at radius 1 is 1.03 bits per heavy atom. The minimum atomic E-state index is -0.506. The molecule has 5 heterocycles. The van der Waals surface area contributed by atoms with Crippen LogP contribution in [0.5, 0.6) is 0 Å². The molecular weight excluding hydrogens is 470 g/mol. The fraction of sp³-hybridized carbons (Fsp3) is 0.481. The number of urea groups is 1. The molecule has 1 saturated carbocycles. The molecule has 2 aliphatic heterocycles. The third-order valence-corrected chi connectivity index (χ3v) is 7.08. The van der Waals surface area contributed by atoms with Gasteiger partial charge in [-0.05, 0) is 58.2 Å². The van der Waals surface area contributed by atoms with Crippen molar-refractivity contribution >= 4 is 35.0 Å². The van der Waals surface area contributed by atoms with Crippen molar-refractivity contribution in [2.75, 3.05) is 47.8 Å². The molecule has 194 valence electrons. The maximum absolute atomic E-state index is 13.2. The van der Waals surface area contributed by atoms with Gasteiger partial charge in [-0.25, -0.2) is 19.6 Å². The summed E-state index contributed by atoms with van der Waals surface area (Å²) in [6.45, 7) is 8.80. The Morgan fingerprint density at radius 2 is 1.81 bits per heavy atom. The van der Waals surface area contributed by atoms with Gasteiger partial charge >= 0.3 is 12.1 Å². The van der Waals surface area contributed by atoms with Crippen molar-refractivity contribution in [2.45, 2.75) is 51.6 Å². The zero-order chi connectivity index (χ0) is 25.7. The molecule has 1 saturated heterocycles. The maximum atomic E-state index is 13.2. The average Bonchev–Trinajstić information content (AvgIpc) is 3.48. The van der Waals surface area contributed by atoms with Gasteiger partial charge < -0.3 is 24.3 Å². The summed E-state index contributed by atoms with van der Waals surface area (Å²) in [5.41, 5.74) is 4.39. The lowest BCUT2D eigenvalue weighted by Crippen LogP contribution is -2.50. The smallest absolute Gasteiger partial charge is 0.410 e. The Balaban J connectivity index is 1.13. The molecule has 0 atom stereocenters. The number of carbonyl (C=O) groups excluding carboxylic acids is 2. The number of anilines is 3. The molecule has 10 nitrogen and oxygen atoms in total. The summed E-state index contributed by atoms with van der Waals surface area (Å²) in [5, 5.41) is 3.03. The van der Waals surface area contributed by atoms with E-state index in [0.29, 0.717) is 44.5 Å². The van der Waals surface area contributed by atoms with Gasteiger partial charge in [0, 0.05) is 68.5 Å². The van der Waals surface area contributed by atoms with Crippen LogP contribution in [0, 0.1) is 0 Å². The van der Waals surface area contributed by atoms with E-state index >= 15 is 0 Å². The Kier molecular flexibility index (Phi) is 5.69. The van der Waals surface area contributed by atoms with Crippen molar-refractivity contribution in [2.24, 2.45) is 0 Å². The number of hydrogen-bond acceptors (Lipinski definition) is 6. The molecule has 6 rings (SSSR count). The molecule has 0 spiro atoms. The number of piperazine rings is 1. The van der Waals surface area contributed by atoms with E-state index in [1.807, 2.05) is 49.6 Å². The fourth-order valence-corrected chi connectivity index (χ4v) is 5.08. The van der Waals surface area contributed by atoms with Crippen molar-refractivity contribution in [1.29, 1.82) is 0 Å². The number of hydrogen-bond donors (Lipinski definition) is 1. The minimum absolute atomic E-state index is 0.194. The highest BCUT2D eigenvalue weighted by molar-refractivity contribution is 6.03. The van der Waals surface area contributed by atoms with E-state index in [1.165, 1.54) is 12.8 Å². The molecule has 37 heavy (non-hydrogen) atoms. The average molecular weight is 504 g/mol. The molecule has 0 bridgehead atoms. The van der Waals surface area contributed by atoms with E-state index in [4.69, 9.17) is 4.74 Å². The molecule has 0 unspecified atom stereocenters. The van der Waals surface area contributed by atoms with Crippen LogP contribution >= 0.6 is 0 Å². The van der Waals surface area contributed by atoms with Gasteiger partial charge in [-0.15, -0.1) is 0 Å². The number of nitrogens with zero attached hydrogens (tertiary/aromatic N) is 6. The first-order valence-corrected chi connectivity index (χ1v) is 13.0. The van der Waals surface area contributed by atoms with Crippen LogP contribution in [0.4, 0.5) is 26.8 Å². The molecule has 3 aromatic rings. The van der Waals surface area contributed by atoms with Gasteiger partial charge in [0.25, 0.3) is 0 Å². The van der Waals surface area contributed by atoms with E-state index in [-0.39, 0.29) is 12.1 Å². The van der Waals surface area contributed by atoms with E-state index in [1.54, 1.807) is 16.0 Å². The summed E-state index contributed by atoms with van der Waals surface area (Å²) in [5.74, 6) is 1.28. The van der Waals surface area contributed by atoms with Gasteiger partial charge in [0.05, 0.1) is 11.4 Å². The standard InChI is InChI=1S/C27H33N7O3/c1-27(2,3)37-26(36)32-14-12-31(13-15-32)22-8-10-28-24-20(22)9-11-34(24)25(35)29-19-6-7-23-30-21(18-4-5-18)17-33(23)16-19/h6-8,10,16-18H,4-5,9,11-15H2,1-3H3,(H,29,35). The number of pyridine rings is 2. The molecule has 0 aromatic carbocycles. The lowest BCUT2D eigenvalue weighted by molar-refractivity contribution is 0.0240. The number of carbonyl (C=O) groups is 2. The predicted octanol–water partition coefficient (Wildman–Crippen LogP) is 4.26. The Hall–Kier alpha value is -3.82. The zero-order valence-electron chi connectivity index (χ0n) is 21.6. The molecule has 0 radical (unpaired) electrons. The zero-order valence-corrected chi connectivity index (χ0v) is 21.6. The fourth-order valence-electron chi connectivity index (χ4n) is 5.08. The van der Waals surface area contributed by atoms with Crippen LogP contribution in [0.3, 0.4) is 0 Å². The van der Waals surface area contributed by atoms with Crippen LogP contribution in [0.15, 0.2) is 36.8 Å². The quantitative estimate of drug-likeness (QED) is 0.574. The van der Waals surface area contributed by atoms with Gasteiger partial charge in [-0.2, -0.15) is 0 Å². The molecule has 10 heteroatoms. The summed E-state index contributed by atoms with van der Waals surface area (Å²) in [4.78, 5) is 40.7. The second kappa shape index (κ2) is 8.93. The first kappa shape index (κ1) is 23.6. The number of imidazole rings is 1. The van der Waals surface area contributed by atoms with Crippen LogP contribution in [0.2, 0.25) is 0 Å². The topological polar surface area (TPSA) is 95.3 Å². The molecular formula is C27H33N7O3. The third kappa shape index (κ3) is 4.80. The second-order valence-electron chi connectivity index (χ2n) is 11.0. The van der Waals surface area contributed by atoms with Gasteiger partial charge in [0.2, 0.25) is 0 Å². The van der Waals surface area contributed by atoms with E-state index in [0.717, 1.165) is 34.7 Å². The highest BCUT2D eigenvalue weighted by atomic mass is 16.6. The van der Waals surface area contributed by atoms with Gasteiger partial charge in [0.15, 0.2) is 0 Å². The highest BCUT2D eigenvalue weighted by Crippen LogP contribution is 2.39. The summed E-state index contributed by atoms with van der Waals surface area (Å²) in [7, 11) is 0. The van der Waals surface area contributed by atoms with Crippen LogP contribution in [-0.2, 0) is 11.2 Å². The number of amides is 3. The van der Waals surface area contributed by atoms with E-state index in [2.05, 4.69) is 26.4 Å². The minimum Gasteiger partial charge on any atom is -0.444 e. The monoisotopic (exact) mass is 503 g/mol. The van der Waals surface area contributed by atoms with E-state index < -0.39 is 5.60 Å². The summed E-state index contributed by atoms with van der Waals surface area (Å²) >= 11 is 0. The summed E-state index contributed by atoms with van der Waals surface area (Å²) in [6, 6.07) is 5.64. The first-order chi connectivity index (χ1) is 17.7. The Morgan fingerprint density at radius 3 is 2.54 bits per heavy atom. The highest BCUT2D eigenvalue weighted by Gasteiger charge is 2.32. The SMILES string of the molecule is CC(C)(C)OC(=O)N1CCN(c2ccnc3c2CCN3C(=O)Nc2ccc3nc(C4CC4)cn3c2)CC1. The van der Waals surface area contributed by atoms with Crippen LogP contribution in [-0.4, -0.2) is 69.7 Å². The van der Waals surface area contributed by atoms with Gasteiger partial charge in [-0.3, -0.25) is 4.90 Å². The van der Waals surface area contributed by atoms with Crippen molar-refractivity contribution < 1.29 is 14.3 Å². The lowest BCUT2D eigenvalue weighted by Gasteiger charge is -2.37. The first-order valence-electron chi connectivity index (χ1n) is 13.0. The van der Waals surface area contributed by atoms with Crippen LogP contribution < -0.4 is 15.1 Å². The summed E-state index contributed by atoms with van der Waals surface area (Å²) < 4.78 is 7.50. The number of aromatic nitrogens is 3. The molecule has 1 aliphatic carbocycles.